The molecule has 3 aromatic heterocycles. The molecule has 11 aromatic rings. The maximum atomic E-state index is 9.50. The van der Waals surface area contributed by atoms with Gasteiger partial charge in [0.1, 0.15) is 0 Å². The van der Waals surface area contributed by atoms with Crippen molar-refractivity contribution < 1.29 is 23.3 Å². The highest BCUT2D eigenvalue weighted by Crippen LogP contribution is 2.41. The Bertz CT molecular complexity index is 4140. The first-order chi connectivity index (χ1) is 34.8. The van der Waals surface area contributed by atoms with E-state index < -0.39 is 114 Å². The van der Waals surface area contributed by atoms with Crippen LogP contribution < -0.4 is 0 Å². The highest BCUT2D eigenvalue weighted by atomic mass is 15.2. The molecule has 0 fully saturated rings. The van der Waals surface area contributed by atoms with E-state index in [1.807, 2.05) is 83.4 Å². The Hall–Kier alpha value is -7.63. The minimum atomic E-state index is -0.800. The van der Waals surface area contributed by atoms with Crippen molar-refractivity contribution in [1.29, 1.82) is 0 Å². The van der Waals surface area contributed by atoms with Crippen LogP contribution in [0.3, 0.4) is 0 Å². The van der Waals surface area contributed by atoms with Gasteiger partial charge in [-0.2, -0.15) is 9.97 Å². The smallest absolute Gasteiger partial charge is 0.238 e. The van der Waals surface area contributed by atoms with Crippen LogP contribution in [-0.2, 0) is 0 Å². The van der Waals surface area contributed by atoms with Gasteiger partial charge < -0.3 is 4.57 Å². The van der Waals surface area contributed by atoms with Crippen molar-refractivity contribution in [3.05, 3.63) is 200 Å². The summed E-state index contributed by atoms with van der Waals surface area (Å²) < 4.78 is 155. The zero-order valence-corrected chi connectivity index (χ0v) is 29.0. The molecule has 0 saturated heterocycles. The second-order valence-corrected chi connectivity index (χ2v) is 12.8. The Morgan fingerprint density at radius 3 is 1.68 bits per heavy atom. The van der Waals surface area contributed by atoms with E-state index in [1.54, 1.807) is 0 Å². The Morgan fingerprint density at radius 2 is 0.964 bits per heavy atom. The maximum Gasteiger partial charge on any atom is 0.238 e. The number of aromatic nitrogens is 5. The van der Waals surface area contributed by atoms with Gasteiger partial charge in [-0.05, 0) is 59.1 Å². The molecule has 0 amide bonds. The number of rotatable bonds is 6. The number of hydrogen-bond acceptors (Lipinski definition) is 3. The van der Waals surface area contributed by atoms with Crippen LogP contribution in [-0.4, -0.2) is 24.1 Å². The minimum absolute atomic E-state index is 0.0620. The number of para-hydroxylation sites is 3. The third-order valence-electron chi connectivity index (χ3n) is 9.67. The van der Waals surface area contributed by atoms with Crippen LogP contribution in [0.2, 0.25) is 0 Å². The fourth-order valence-electron chi connectivity index (χ4n) is 7.28. The van der Waals surface area contributed by atoms with E-state index in [-0.39, 0.29) is 61.8 Å². The summed E-state index contributed by atoms with van der Waals surface area (Å²) in [6, 6.07) is 16.5. The van der Waals surface area contributed by atoms with Gasteiger partial charge in [0, 0.05) is 38.2 Å². The molecule has 0 aliphatic carbocycles. The first kappa shape index (κ1) is 19.1. The summed E-state index contributed by atoms with van der Waals surface area (Å²) in [5, 5.41) is 1.18. The molecule has 0 spiro atoms. The Labute approximate surface area is 347 Å². The van der Waals surface area contributed by atoms with Gasteiger partial charge in [-0.25, -0.2) is 4.98 Å². The standard InChI is InChI=1S/C51H33N5/c1-4-17-34(18-5-1)38-26-16-30-47-48(38)41-25-12-15-29-45(41)55(47)46-32-31-37(33-42(46)35-19-6-2-7-20-35)50-52-49(36-21-8-3-9-22-36)53-51(54-50)56-43-27-13-10-23-39(43)40-24-11-14-28-44(40)56/h1-33H/i1D,2D,4D,5D,6D,7D,12D,15D,16D,17D,18D,19D,20D,25D,26D,29D,30D. The summed E-state index contributed by atoms with van der Waals surface area (Å²) in [5.41, 5.74) is -0.0295. The molecule has 5 nitrogen and oxygen atoms in total. The van der Waals surface area contributed by atoms with Crippen LogP contribution in [0.1, 0.15) is 23.3 Å². The predicted octanol–water partition coefficient (Wildman–Crippen LogP) is 12.7. The van der Waals surface area contributed by atoms with Crippen molar-refractivity contribution >= 4 is 43.6 Å². The van der Waals surface area contributed by atoms with Gasteiger partial charge >= 0.3 is 0 Å². The molecule has 0 N–H and O–H groups in total. The highest BCUT2D eigenvalue weighted by molar-refractivity contribution is 6.16. The minimum Gasteiger partial charge on any atom is -0.309 e. The molecule has 0 bridgehead atoms. The third kappa shape index (κ3) is 5.13. The summed E-state index contributed by atoms with van der Waals surface area (Å²) in [4.78, 5) is 15.0. The van der Waals surface area contributed by atoms with E-state index >= 15 is 0 Å². The van der Waals surface area contributed by atoms with Crippen LogP contribution in [0.15, 0.2) is 200 Å². The topological polar surface area (TPSA) is 48.5 Å². The van der Waals surface area contributed by atoms with E-state index in [9.17, 15) is 8.22 Å². The summed E-state index contributed by atoms with van der Waals surface area (Å²) >= 11 is 0. The van der Waals surface area contributed by atoms with Gasteiger partial charge in [0.15, 0.2) is 11.6 Å². The Morgan fingerprint density at radius 1 is 0.375 bits per heavy atom. The highest BCUT2D eigenvalue weighted by Gasteiger charge is 2.21. The molecule has 3 heterocycles. The molecule has 5 heteroatoms. The SMILES string of the molecule is [2H]c1c([2H])c([2H])c(-c2cc(-c3nc(-c4ccccc4)nc(-n4c5ccccc5c5ccccc54)n3)ccc2-n2c3c([2H])c([2H])c([2H])c([2H])c3c3c(-c4c([2H])c([2H])c([2H])c([2H])c4[2H])c([2H])c([2H])c([2H])c32)c([2H])c1[2H]. The van der Waals surface area contributed by atoms with Gasteiger partial charge in [0.2, 0.25) is 5.95 Å². The zero-order valence-electron chi connectivity index (χ0n) is 46.0. The van der Waals surface area contributed by atoms with Crippen LogP contribution in [0.4, 0.5) is 0 Å². The van der Waals surface area contributed by atoms with Crippen LogP contribution >= 0.6 is 0 Å². The number of nitrogens with zero attached hydrogens (tertiary/aromatic N) is 5. The average Bonchev–Trinajstić information content (AvgIpc) is 3.94. The first-order valence-electron chi connectivity index (χ1n) is 26.0. The zero-order chi connectivity index (χ0) is 51.8. The lowest BCUT2D eigenvalue weighted by atomic mass is 9.99. The normalized spacial score (nSPS) is 15.8. The molecule has 262 valence electrons. The van der Waals surface area contributed by atoms with Crippen LogP contribution in [0, 0.1) is 0 Å². The van der Waals surface area contributed by atoms with Gasteiger partial charge in [-0.3, -0.25) is 4.57 Å². The summed E-state index contributed by atoms with van der Waals surface area (Å²) in [6.07, 6.45) is 0. The van der Waals surface area contributed by atoms with Crippen molar-refractivity contribution in [3.63, 3.8) is 0 Å². The number of hydrogen-bond donors (Lipinski definition) is 0. The van der Waals surface area contributed by atoms with Crippen molar-refractivity contribution in [1.82, 2.24) is 24.1 Å². The molecule has 8 aromatic carbocycles. The average molecular weight is 733 g/mol. The summed E-state index contributed by atoms with van der Waals surface area (Å²) in [5.74, 6) is 0.524. The third-order valence-corrected chi connectivity index (χ3v) is 9.67. The van der Waals surface area contributed by atoms with Gasteiger partial charge in [-0.1, -0.05) is 157 Å². The molecule has 0 saturated carbocycles. The molecular formula is C51H33N5. The molecule has 0 aliphatic heterocycles. The summed E-state index contributed by atoms with van der Waals surface area (Å²) in [6.45, 7) is 0. The monoisotopic (exact) mass is 732 g/mol. The van der Waals surface area contributed by atoms with Crippen LogP contribution in [0.25, 0.3) is 100 Å². The van der Waals surface area contributed by atoms with Gasteiger partial charge in [-0.15, -0.1) is 0 Å². The largest absolute Gasteiger partial charge is 0.309 e. The number of fused-ring (bicyclic) bond motifs is 6. The first-order valence-corrected chi connectivity index (χ1v) is 17.5. The van der Waals surface area contributed by atoms with E-state index in [2.05, 4.69) is 0 Å². The van der Waals surface area contributed by atoms with E-state index in [1.165, 1.54) is 22.8 Å². The van der Waals surface area contributed by atoms with E-state index in [0.29, 0.717) is 5.56 Å². The lowest BCUT2D eigenvalue weighted by molar-refractivity contribution is 0.953. The van der Waals surface area contributed by atoms with E-state index in [0.717, 1.165) is 21.8 Å². The molecule has 0 radical (unpaired) electrons. The maximum absolute atomic E-state index is 9.50. The summed E-state index contributed by atoms with van der Waals surface area (Å²) in [7, 11) is 0. The van der Waals surface area contributed by atoms with Crippen molar-refractivity contribution in [2.45, 2.75) is 0 Å². The lowest BCUT2D eigenvalue weighted by Gasteiger charge is -2.16. The molecule has 56 heavy (non-hydrogen) atoms. The van der Waals surface area contributed by atoms with Gasteiger partial charge in [0.05, 0.1) is 51.1 Å². The second kappa shape index (κ2) is 13.0. The molecule has 0 aliphatic rings. The quantitative estimate of drug-likeness (QED) is 0.171. The van der Waals surface area contributed by atoms with E-state index in [4.69, 9.17) is 30.0 Å². The lowest BCUT2D eigenvalue weighted by Crippen LogP contribution is -2.06. The fourth-order valence-corrected chi connectivity index (χ4v) is 7.28. The van der Waals surface area contributed by atoms with Crippen molar-refractivity contribution in [2.75, 3.05) is 0 Å². The Kier molecular flexibility index (Phi) is 4.45. The molecule has 11 rings (SSSR count). The number of benzene rings is 8. The van der Waals surface area contributed by atoms with Gasteiger partial charge in [0.25, 0.3) is 0 Å². The Balaban J connectivity index is 1.31. The molecule has 0 atom stereocenters. The molecular weight excluding hydrogens is 683 g/mol. The van der Waals surface area contributed by atoms with Crippen molar-refractivity contribution in [2.24, 2.45) is 0 Å². The van der Waals surface area contributed by atoms with Crippen LogP contribution in [0.5, 0.6) is 0 Å². The predicted molar refractivity (Wildman–Crippen MR) is 230 cm³/mol. The second-order valence-electron chi connectivity index (χ2n) is 12.8. The fraction of sp³-hybridized carbons (Fsp3) is 0. The molecule has 0 unspecified atom stereocenters. The van der Waals surface area contributed by atoms with Crippen molar-refractivity contribution in [3.8, 4) is 56.7 Å².